The molecule has 0 aromatic heterocycles. The molecule has 0 aliphatic carbocycles. The summed E-state index contributed by atoms with van der Waals surface area (Å²) in [5, 5.41) is 13.2. The minimum atomic E-state index is -0.291. The highest BCUT2D eigenvalue weighted by atomic mass is 16.3. The van der Waals surface area contributed by atoms with Gasteiger partial charge in [-0.3, -0.25) is 4.90 Å². The van der Waals surface area contributed by atoms with E-state index in [2.05, 4.69) is 41.4 Å². The van der Waals surface area contributed by atoms with Crippen LogP contribution in [0.4, 0.5) is 0 Å². The summed E-state index contributed by atoms with van der Waals surface area (Å²) < 4.78 is 0. The first-order valence-corrected chi connectivity index (χ1v) is 5.77. The average molecular weight is 220 g/mol. The molecule has 88 valence electrons. The van der Waals surface area contributed by atoms with E-state index in [0.29, 0.717) is 0 Å². The Morgan fingerprint density at radius 1 is 1.44 bits per heavy atom. The molecule has 1 heterocycles. The molecule has 3 nitrogen and oxygen atoms in total. The van der Waals surface area contributed by atoms with Crippen LogP contribution in [-0.4, -0.2) is 41.8 Å². The normalized spacial score (nSPS) is 30.8. The van der Waals surface area contributed by atoms with Crippen molar-refractivity contribution in [3.05, 3.63) is 35.9 Å². The lowest BCUT2D eigenvalue weighted by Crippen LogP contribution is -2.50. The molecular formula is C13H20N2O. The maximum absolute atomic E-state index is 9.99. The molecule has 0 saturated carbocycles. The second-order valence-corrected chi connectivity index (χ2v) is 4.84. The highest BCUT2D eigenvalue weighted by Gasteiger charge is 2.40. The third kappa shape index (κ3) is 2.26. The largest absolute Gasteiger partial charge is 0.390 e. The van der Waals surface area contributed by atoms with Gasteiger partial charge in [0.15, 0.2) is 0 Å². The van der Waals surface area contributed by atoms with Gasteiger partial charge in [-0.25, -0.2) is 0 Å². The summed E-state index contributed by atoms with van der Waals surface area (Å²) >= 11 is 0. The molecule has 1 aliphatic heterocycles. The Hall–Kier alpha value is -0.900. The number of likely N-dealkylation sites (N-methyl/N-ethyl adjacent to an activating group) is 1. The third-order valence-corrected chi connectivity index (χ3v) is 3.54. The van der Waals surface area contributed by atoms with Gasteiger partial charge in [-0.2, -0.15) is 0 Å². The van der Waals surface area contributed by atoms with Crippen LogP contribution in [0.5, 0.6) is 0 Å². The topological polar surface area (TPSA) is 35.5 Å². The van der Waals surface area contributed by atoms with Crippen LogP contribution in [0.1, 0.15) is 12.5 Å². The Morgan fingerprint density at radius 2 is 2.12 bits per heavy atom. The van der Waals surface area contributed by atoms with Crippen LogP contribution < -0.4 is 5.32 Å². The molecule has 1 aromatic rings. The number of aliphatic hydroxyl groups is 1. The molecule has 0 radical (unpaired) electrons. The fraction of sp³-hybridized carbons (Fsp3) is 0.538. The van der Waals surface area contributed by atoms with Gasteiger partial charge in [-0.15, -0.1) is 0 Å². The fourth-order valence-corrected chi connectivity index (χ4v) is 2.29. The van der Waals surface area contributed by atoms with Gasteiger partial charge in [-0.05, 0) is 19.5 Å². The van der Waals surface area contributed by atoms with Crippen molar-refractivity contribution in [3.8, 4) is 0 Å². The first kappa shape index (κ1) is 11.6. The third-order valence-electron chi connectivity index (χ3n) is 3.54. The summed E-state index contributed by atoms with van der Waals surface area (Å²) in [5.41, 5.74) is 1.13. The molecule has 0 amide bonds. The van der Waals surface area contributed by atoms with Crippen molar-refractivity contribution in [2.75, 3.05) is 20.1 Å². The maximum Gasteiger partial charge on any atom is 0.0858 e. The summed E-state index contributed by atoms with van der Waals surface area (Å²) in [6, 6.07) is 10.4. The van der Waals surface area contributed by atoms with Crippen molar-refractivity contribution in [2.45, 2.75) is 25.1 Å². The van der Waals surface area contributed by atoms with Gasteiger partial charge in [0.1, 0.15) is 0 Å². The van der Waals surface area contributed by atoms with Gasteiger partial charge in [0.2, 0.25) is 0 Å². The van der Waals surface area contributed by atoms with Crippen LogP contribution in [-0.2, 0) is 6.54 Å². The van der Waals surface area contributed by atoms with Gasteiger partial charge in [-0.1, -0.05) is 30.3 Å². The number of nitrogens with one attached hydrogen (secondary N) is 1. The molecule has 1 aromatic carbocycles. The predicted octanol–water partition coefficient (Wildman–Crippen LogP) is 0.841. The Kier molecular flexibility index (Phi) is 3.28. The van der Waals surface area contributed by atoms with Crippen LogP contribution in [0.15, 0.2) is 30.3 Å². The smallest absolute Gasteiger partial charge is 0.0858 e. The van der Waals surface area contributed by atoms with E-state index in [4.69, 9.17) is 0 Å². The fourth-order valence-electron chi connectivity index (χ4n) is 2.29. The number of hydrogen-bond acceptors (Lipinski definition) is 3. The lowest BCUT2D eigenvalue weighted by Gasteiger charge is -2.26. The van der Waals surface area contributed by atoms with Crippen molar-refractivity contribution in [1.82, 2.24) is 10.2 Å². The summed E-state index contributed by atoms with van der Waals surface area (Å²) in [5.74, 6) is 0. The van der Waals surface area contributed by atoms with Gasteiger partial charge in [0.05, 0.1) is 11.6 Å². The van der Waals surface area contributed by atoms with E-state index in [1.165, 1.54) is 5.56 Å². The van der Waals surface area contributed by atoms with E-state index in [1.54, 1.807) is 0 Å². The minimum Gasteiger partial charge on any atom is -0.390 e. The summed E-state index contributed by atoms with van der Waals surface area (Å²) in [7, 11) is 1.91. The molecule has 1 fully saturated rings. The number of nitrogens with zero attached hydrogens (tertiary/aromatic N) is 1. The standard InChI is InChI=1S/C13H20N2O/c1-13(14-2)10-15(9-12(13)16)8-11-6-4-3-5-7-11/h3-7,12,14,16H,8-10H2,1-2H3/t12-,13-/m0/s1. The highest BCUT2D eigenvalue weighted by molar-refractivity contribution is 5.15. The highest BCUT2D eigenvalue weighted by Crippen LogP contribution is 2.22. The summed E-state index contributed by atoms with van der Waals surface area (Å²) in [4.78, 5) is 2.29. The zero-order chi connectivity index (χ0) is 11.6. The SMILES string of the molecule is CN[C@@]1(C)CN(Cc2ccccc2)C[C@@H]1O. The zero-order valence-corrected chi connectivity index (χ0v) is 9.98. The number of β-amino-alcohol motifs (C(OH)–C–C–N with tert-alkyl or cyclic N) is 1. The van der Waals surface area contributed by atoms with Crippen LogP contribution >= 0.6 is 0 Å². The Balaban J connectivity index is 1.99. The van der Waals surface area contributed by atoms with Crippen molar-refractivity contribution < 1.29 is 5.11 Å². The molecular weight excluding hydrogens is 200 g/mol. The number of rotatable bonds is 3. The van der Waals surface area contributed by atoms with Crippen molar-refractivity contribution in [1.29, 1.82) is 0 Å². The molecule has 2 N–H and O–H groups in total. The number of benzene rings is 1. The van der Waals surface area contributed by atoms with E-state index in [1.807, 2.05) is 13.1 Å². The van der Waals surface area contributed by atoms with Gasteiger partial charge in [0, 0.05) is 19.6 Å². The monoisotopic (exact) mass is 220 g/mol. The quantitative estimate of drug-likeness (QED) is 0.792. The summed E-state index contributed by atoms with van der Waals surface area (Å²) in [6.45, 7) is 4.61. The Bertz CT molecular complexity index is 341. The Morgan fingerprint density at radius 3 is 2.69 bits per heavy atom. The van der Waals surface area contributed by atoms with E-state index < -0.39 is 0 Å². The van der Waals surface area contributed by atoms with Crippen LogP contribution in [0.2, 0.25) is 0 Å². The lowest BCUT2D eigenvalue weighted by molar-refractivity contribution is 0.115. The molecule has 1 saturated heterocycles. The van der Waals surface area contributed by atoms with Crippen molar-refractivity contribution in [3.63, 3.8) is 0 Å². The summed E-state index contributed by atoms with van der Waals surface area (Å²) in [6.07, 6.45) is -0.291. The van der Waals surface area contributed by atoms with Gasteiger partial charge < -0.3 is 10.4 Å². The van der Waals surface area contributed by atoms with Crippen LogP contribution in [0, 0.1) is 0 Å². The average Bonchev–Trinajstić information content (AvgIpc) is 2.56. The number of hydrogen-bond donors (Lipinski definition) is 2. The molecule has 3 heteroatoms. The van der Waals surface area contributed by atoms with E-state index in [9.17, 15) is 5.11 Å². The second-order valence-electron chi connectivity index (χ2n) is 4.84. The first-order valence-electron chi connectivity index (χ1n) is 5.77. The van der Waals surface area contributed by atoms with Crippen LogP contribution in [0.25, 0.3) is 0 Å². The molecule has 16 heavy (non-hydrogen) atoms. The van der Waals surface area contributed by atoms with Crippen molar-refractivity contribution in [2.24, 2.45) is 0 Å². The minimum absolute atomic E-state index is 0.172. The van der Waals surface area contributed by atoms with E-state index in [-0.39, 0.29) is 11.6 Å². The molecule has 0 bridgehead atoms. The first-order chi connectivity index (χ1) is 7.64. The molecule has 2 rings (SSSR count). The number of aliphatic hydroxyl groups excluding tert-OH is 1. The van der Waals surface area contributed by atoms with E-state index in [0.717, 1.165) is 19.6 Å². The molecule has 0 spiro atoms. The zero-order valence-electron chi connectivity index (χ0n) is 9.98. The predicted molar refractivity (Wildman–Crippen MR) is 65.2 cm³/mol. The molecule has 2 atom stereocenters. The Labute approximate surface area is 97.1 Å². The maximum atomic E-state index is 9.99. The van der Waals surface area contributed by atoms with Crippen molar-refractivity contribution >= 4 is 0 Å². The lowest BCUT2D eigenvalue weighted by atomic mass is 9.99. The van der Waals surface area contributed by atoms with E-state index >= 15 is 0 Å². The number of likely N-dealkylation sites (tertiary alicyclic amines) is 1. The molecule has 0 unspecified atom stereocenters. The van der Waals surface area contributed by atoms with Gasteiger partial charge in [0.25, 0.3) is 0 Å². The second kappa shape index (κ2) is 4.53. The van der Waals surface area contributed by atoms with Crippen LogP contribution in [0.3, 0.4) is 0 Å². The van der Waals surface area contributed by atoms with Gasteiger partial charge >= 0.3 is 0 Å². The molecule has 1 aliphatic rings.